The molecular weight excluding hydrogens is 240 g/mol. The van der Waals surface area contributed by atoms with Crippen LogP contribution in [0.3, 0.4) is 0 Å². The molecule has 19 heavy (non-hydrogen) atoms. The lowest BCUT2D eigenvalue weighted by Gasteiger charge is -2.44. The minimum Gasteiger partial charge on any atom is -0.396 e. The second-order valence-electron chi connectivity index (χ2n) is 6.30. The average Bonchev–Trinajstić information content (AvgIpc) is 2.42. The number of aliphatic hydroxyl groups excluding tert-OH is 1. The smallest absolute Gasteiger partial charge is 0.236 e. The summed E-state index contributed by atoms with van der Waals surface area (Å²) < 4.78 is 5.87. The van der Waals surface area contributed by atoms with Gasteiger partial charge in [-0.15, -0.1) is 6.42 Å². The number of hydrogen-bond donors (Lipinski definition) is 1. The van der Waals surface area contributed by atoms with Crippen LogP contribution in [-0.4, -0.2) is 29.7 Å². The monoisotopic (exact) mass is 268 g/mol. The molecule has 3 heteroatoms. The number of carbonyl (C=O) groups is 1. The summed E-state index contributed by atoms with van der Waals surface area (Å²) in [4.78, 5) is 11.8. The summed E-state index contributed by atoms with van der Waals surface area (Å²) in [5.41, 5.74) is -1.43. The van der Waals surface area contributed by atoms with E-state index < -0.39 is 5.60 Å². The lowest BCUT2D eigenvalue weighted by molar-refractivity contribution is -0.149. The summed E-state index contributed by atoms with van der Waals surface area (Å²) in [6, 6.07) is 0. The number of ether oxygens (including phenoxy) is 1. The summed E-state index contributed by atoms with van der Waals surface area (Å²) in [6.45, 7) is 12.2. The van der Waals surface area contributed by atoms with Crippen LogP contribution in [0.5, 0.6) is 0 Å². The van der Waals surface area contributed by atoms with E-state index in [9.17, 15) is 9.90 Å². The van der Waals surface area contributed by atoms with Gasteiger partial charge in [-0.3, -0.25) is 4.79 Å². The van der Waals surface area contributed by atoms with Crippen LogP contribution in [0.2, 0.25) is 0 Å². The molecule has 2 unspecified atom stereocenters. The van der Waals surface area contributed by atoms with Gasteiger partial charge in [0.05, 0.1) is 6.61 Å². The van der Waals surface area contributed by atoms with Gasteiger partial charge in [0.15, 0.2) is 0 Å². The zero-order valence-corrected chi connectivity index (χ0v) is 13.2. The molecule has 3 nitrogen and oxygen atoms in total. The fourth-order valence-electron chi connectivity index (χ4n) is 1.77. The summed E-state index contributed by atoms with van der Waals surface area (Å²) >= 11 is 0. The van der Waals surface area contributed by atoms with Crippen molar-refractivity contribution >= 4 is 5.78 Å². The quantitative estimate of drug-likeness (QED) is 0.544. The van der Waals surface area contributed by atoms with Crippen LogP contribution >= 0.6 is 0 Å². The number of hydrogen-bond acceptors (Lipinski definition) is 3. The van der Waals surface area contributed by atoms with Crippen LogP contribution in [-0.2, 0) is 9.53 Å². The second-order valence-corrected chi connectivity index (χ2v) is 6.30. The van der Waals surface area contributed by atoms with E-state index in [4.69, 9.17) is 11.2 Å². The van der Waals surface area contributed by atoms with Crippen molar-refractivity contribution in [3.8, 4) is 12.3 Å². The van der Waals surface area contributed by atoms with E-state index in [1.54, 1.807) is 6.92 Å². The molecule has 110 valence electrons. The van der Waals surface area contributed by atoms with Gasteiger partial charge >= 0.3 is 0 Å². The SMILES string of the molecule is C#CC(=O)C(C)(CC)OCC(C)(CC)C(C)(C)CO. The molecule has 0 aromatic heterocycles. The molecule has 0 aliphatic rings. The Morgan fingerprint density at radius 2 is 1.74 bits per heavy atom. The van der Waals surface area contributed by atoms with E-state index in [1.165, 1.54) is 0 Å². The highest BCUT2D eigenvalue weighted by Gasteiger charge is 2.42. The molecule has 0 radical (unpaired) electrons. The first-order valence-electron chi connectivity index (χ1n) is 6.88. The van der Waals surface area contributed by atoms with Crippen molar-refractivity contribution in [3.63, 3.8) is 0 Å². The number of Topliss-reactive ketones (excluding diaryl/α,β-unsaturated/α-hetero) is 1. The minimum atomic E-state index is -0.934. The Kier molecular flexibility index (Phi) is 6.25. The van der Waals surface area contributed by atoms with Crippen LogP contribution in [0.1, 0.15) is 54.4 Å². The molecule has 0 aliphatic heterocycles. The van der Waals surface area contributed by atoms with E-state index in [0.717, 1.165) is 6.42 Å². The molecule has 0 aliphatic carbocycles. The van der Waals surface area contributed by atoms with E-state index in [1.807, 2.05) is 20.8 Å². The summed E-state index contributed by atoms with van der Waals surface area (Å²) in [5, 5.41) is 9.55. The highest BCUT2D eigenvalue weighted by molar-refractivity contribution is 6.01. The molecule has 0 rings (SSSR count). The first kappa shape index (κ1) is 18.1. The van der Waals surface area contributed by atoms with Gasteiger partial charge in [-0.05, 0) is 36.5 Å². The normalized spacial score (nSPS) is 18.2. The summed E-state index contributed by atoms with van der Waals surface area (Å²) in [5.74, 6) is 1.83. The Bertz CT molecular complexity index is 353. The molecule has 0 heterocycles. The third-order valence-corrected chi connectivity index (χ3v) is 4.80. The molecule has 0 spiro atoms. The van der Waals surface area contributed by atoms with Crippen molar-refractivity contribution in [2.24, 2.45) is 10.8 Å². The highest BCUT2D eigenvalue weighted by Crippen LogP contribution is 2.42. The minimum absolute atomic E-state index is 0.0760. The topological polar surface area (TPSA) is 46.5 Å². The standard InChI is InChI=1S/C16H28O3/c1-8-13(18)16(7,10-3)19-12-15(6,9-2)14(4,5)11-17/h1,17H,9-12H2,2-7H3. The number of rotatable bonds is 8. The molecular formula is C16H28O3. The van der Waals surface area contributed by atoms with E-state index in [2.05, 4.69) is 19.8 Å². The lowest BCUT2D eigenvalue weighted by Crippen LogP contribution is -2.46. The zero-order valence-electron chi connectivity index (χ0n) is 13.2. The largest absolute Gasteiger partial charge is 0.396 e. The average molecular weight is 268 g/mol. The molecule has 2 atom stereocenters. The molecule has 0 aromatic carbocycles. The van der Waals surface area contributed by atoms with Crippen LogP contribution in [0.4, 0.5) is 0 Å². The fourth-order valence-corrected chi connectivity index (χ4v) is 1.77. The summed E-state index contributed by atoms with van der Waals surface area (Å²) in [7, 11) is 0. The van der Waals surface area contributed by atoms with Gasteiger partial charge in [0.25, 0.3) is 0 Å². The van der Waals surface area contributed by atoms with Gasteiger partial charge in [-0.25, -0.2) is 0 Å². The van der Waals surface area contributed by atoms with Gasteiger partial charge < -0.3 is 9.84 Å². The predicted molar refractivity (Wildman–Crippen MR) is 77.8 cm³/mol. The summed E-state index contributed by atoms with van der Waals surface area (Å²) in [6.07, 6.45) is 6.59. The van der Waals surface area contributed by atoms with Crippen molar-refractivity contribution in [1.29, 1.82) is 0 Å². The zero-order chi connectivity index (χ0) is 15.3. The Labute approximate surface area is 117 Å². The van der Waals surface area contributed by atoms with Crippen LogP contribution in [0.15, 0.2) is 0 Å². The number of terminal acetylenes is 1. The lowest BCUT2D eigenvalue weighted by atomic mass is 9.66. The third-order valence-electron chi connectivity index (χ3n) is 4.80. The van der Waals surface area contributed by atoms with Crippen molar-refractivity contribution in [2.45, 2.75) is 60.0 Å². The maximum absolute atomic E-state index is 11.8. The molecule has 0 fully saturated rings. The molecule has 0 bridgehead atoms. The Morgan fingerprint density at radius 3 is 2.05 bits per heavy atom. The maximum atomic E-state index is 11.8. The number of ketones is 1. The molecule has 0 saturated heterocycles. The third kappa shape index (κ3) is 3.81. The maximum Gasteiger partial charge on any atom is 0.236 e. The van der Waals surface area contributed by atoms with Gasteiger partial charge in [-0.1, -0.05) is 34.6 Å². The molecule has 0 amide bonds. The van der Waals surface area contributed by atoms with Crippen molar-refractivity contribution in [3.05, 3.63) is 0 Å². The Balaban J connectivity index is 5.04. The molecule has 0 aromatic rings. The first-order valence-corrected chi connectivity index (χ1v) is 6.88. The van der Waals surface area contributed by atoms with Gasteiger partial charge in [-0.2, -0.15) is 0 Å². The number of carbonyl (C=O) groups excluding carboxylic acids is 1. The van der Waals surface area contributed by atoms with Gasteiger partial charge in [0, 0.05) is 6.61 Å². The second kappa shape index (κ2) is 6.54. The van der Waals surface area contributed by atoms with E-state index in [0.29, 0.717) is 13.0 Å². The van der Waals surface area contributed by atoms with Crippen LogP contribution in [0.25, 0.3) is 0 Å². The highest BCUT2D eigenvalue weighted by atomic mass is 16.5. The van der Waals surface area contributed by atoms with Crippen LogP contribution < -0.4 is 0 Å². The van der Waals surface area contributed by atoms with Crippen LogP contribution in [0, 0.1) is 23.2 Å². The molecule has 1 N–H and O–H groups in total. The van der Waals surface area contributed by atoms with Crippen molar-refractivity contribution in [2.75, 3.05) is 13.2 Å². The predicted octanol–water partition coefficient (Wildman–Crippen LogP) is 2.81. The molecule has 0 saturated carbocycles. The number of aliphatic hydroxyl groups is 1. The van der Waals surface area contributed by atoms with Crippen molar-refractivity contribution < 1.29 is 14.6 Å². The first-order chi connectivity index (χ1) is 8.62. The Hall–Kier alpha value is -0.850. The fraction of sp³-hybridized carbons (Fsp3) is 0.812. The van der Waals surface area contributed by atoms with E-state index >= 15 is 0 Å². The van der Waals surface area contributed by atoms with E-state index in [-0.39, 0.29) is 23.2 Å². The Morgan fingerprint density at radius 1 is 1.21 bits per heavy atom. The van der Waals surface area contributed by atoms with Gasteiger partial charge in [0.1, 0.15) is 5.60 Å². The van der Waals surface area contributed by atoms with Crippen molar-refractivity contribution in [1.82, 2.24) is 0 Å². The van der Waals surface area contributed by atoms with Gasteiger partial charge in [0.2, 0.25) is 5.78 Å².